The summed E-state index contributed by atoms with van der Waals surface area (Å²) < 4.78 is 1.77. The van der Waals surface area contributed by atoms with Gasteiger partial charge in [-0.3, -0.25) is 9.59 Å². The van der Waals surface area contributed by atoms with Gasteiger partial charge < -0.3 is 15.5 Å². The molecule has 1 fully saturated rings. The lowest BCUT2D eigenvalue weighted by atomic mass is 10.1. The Labute approximate surface area is 201 Å². The quantitative estimate of drug-likeness (QED) is 0.352. The van der Waals surface area contributed by atoms with Crippen molar-refractivity contribution in [3.05, 3.63) is 35.5 Å². The Morgan fingerprint density at radius 1 is 1.24 bits per heavy atom. The fourth-order valence-electron chi connectivity index (χ4n) is 3.75. The second kappa shape index (κ2) is 10.4. The van der Waals surface area contributed by atoms with Crippen molar-refractivity contribution in [2.75, 3.05) is 36.1 Å². The summed E-state index contributed by atoms with van der Waals surface area (Å²) in [6.45, 7) is 4.12. The Hall–Kier alpha value is -2.85. The summed E-state index contributed by atoms with van der Waals surface area (Å²) >= 11 is 7.40. The summed E-state index contributed by atoms with van der Waals surface area (Å²) in [6, 6.07) is 7.05. The van der Waals surface area contributed by atoms with Gasteiger partial charge in [-0.15, -0.1) is 0 Å². The number of fused-ring (bicyclic) bond motifs is 1. The highest BCUT2D eigenvalue weighted by Crippen LogP contribution is 2.27. The molecule has 0 saturated carbocycles. The predicted octanol–water partition coefficient (Wildman–Crippen LogP) is 3.19. The second-order valence-corrected chi connectivity index (χ2v) is 8.97. The van der Waals surface area contributed by atoms with E-state index in [2.05, 4.69) is 32.6 Å². The number of nitrogens with zero attached hydrogens (tertiary/aromatic N) is 5. The van der Waals surface area contributed by atoms with E-state index in [0.29, 0.717) is 29.8 Å². The Kier molecular flexibility index (Phi) is 7.34. The first-order valence-corrected chi connectivity index (χ1v) is 12.5. The summed E-state index contributed by atoms with van der Waals surface area (Å²) in [4.78, 5) is 35.9. The van der Waals surface area contributed by atoms with Gasteiger partial charge in [0.25, 0.3) is 0 Å². The first kappa shape index (κ1) is 23.3. The molecule has 3 aromatic rings. The number of amides is 2. The number of rotatable bonds is 9. The molecule has 1 atom stereocenters. The van der Waals surface area contributed by atoms with Crippen LogP contribution in [-0.4, -0.2) is 57.5 Å². The monoisotopic (exact) mass is 487 g/mol. The molecule has 0 aliphatic carbocycles. The molecule has 174 valence electrons. The van der Waals surface area contributed by atoms with E-state index in [1.165, 1.54) is 11.8 Å². The highest BCUT2D eigenvalue weighted by molar-refractivity contribution is 7.98. The molecule has 1 aliphatic heterocycles. The van der Waals surface area contributed by atoms with E-state index in [-0.39, 0.29) is 18.2 Å². The molecule has 2 amide bonds. The highest BCUT2D eigenvalue weighted by Gasteiger charge is 2.35. The van der Waals surface area contributed by atoms with E-state index in [9.17, 15) is 9.59 Å². The Morgan fingerprint density at radius 2 is 2.03 bits per heavy atom. The normalized spacial score (nSPS) is 15.9. The van der Waals surface area contributed by atoms with Gasteiger partial charge in [0.2, 0.25) is 11.8 Å². The van der Waals surface area contributed by atoms with Gasteiger partial charge in [-0.25, -0.2) is 14.6 Å². The second-order valence-electron chi connectivity index (χ2n) is 7.76. The van der Waals surface area contributed by atoms with Gasteiger partial charge in [-0.1, -0.05) is 30.3 Å². The number of carbonyl (C=O) groups excluding carboxylic acids is 2. The fourth-order valence-corrected chi connectivity index (χ4v) is 4.24. The molecule has 1 aromatic carbocycles. The molecule has 2 aromatic heterocycles. The number of nitrogens with one attached hydrogen (secondary N) is 2. The van der Waals surface area contributed by atoms with Crippen LogP contribution in [0.15, 0.2) is 35.6 Å². The van der Waals surface area contributed by atoms with Crippen molar-refractivity contribution in [3.63, 3.8) is 0 Å². The van der Waals surface area contributed by atoms with Crippen molar-refractivity contribution in [1.82, 2.24) is 25.1 Å². The summed E-state index contributed by atoms with van der Waals surface area (Å²) in [6.07, 6.45) is 4.86. The third kappa shape index (κ3) is 5.22. The number of thioether (sulfide) groups is 1. The van der Waals surface area contributed by atoms with Gasteiger partial charge >= 0.3 is 0 Å². The molecular weight excluding hydrogens is 462 g/mol. The van der Waals surface area contributed by atoms with Crippen LogP contribution in [0.1, 0.15) is 19.8 Å². The molecular formula is C22H26ClN7O2S. The lowest BCUT2D eigenvalue weighted by molar-refractivity contribution is -0.126. The largest absolute Gasteiger partial charge is 0.369 e. The molecule has 11 heteroatoms. The number of carbonyl (C=O) groups is 2. The number of anilines is 2. The Morgan fingerprint density at radius 3 is 2.76 bits per heavy atom. The van der Waals surface area contributed by atoms with E-state index in [0.717, 1.165) is 35.5 Å². The SMILES string of the molecule is CCCNc1nc(SC)nc2c1cnn2CCNC(=O)C1CC(=O)N(c2ccc(Cl)cc2)C1. The van der Waals surface area contributed by atoms with Gasteiger partial charge in [0, 0.05) is 36.8 Å². The van der Waals surface area contributed by atoms with E-state index in [1.54, 1.807) is 40.0 Å². The summed E-state index contributed by atoms with van der Waals surface area (Å²) in [5.74, 6) is 0.177. The zero-order chi connectivity index (χ0) is 23.4. The maximum absolute atomic E-state index is 12.7. The van der Waals surface area contributed by atoms with E-state index in [1.807, 2.05) is 6.26 Å². The van der Waals surface area contributed by atoms with E-state index >= 15 is 0 Å². The average Bonchev–Trinajstić information content (AvgIpc) is 3.41. The molecule has 0 spiro atoms. The zero-order valence-corrected chi connectivity index (χ0v) is 20.1. The predicted molar refractivity (Wildman–Crippen MR) is 131 cm³/mol. The highest BCUT2D eigenvalue weighted by atomic mass is 35.5. The van der Waals surface area contributed by atoms with Crippen molar-refractivity contribution in [1.29, 1.82) is 0 Å². The molecule has 4 rings (SSSR count). The molecule has 1 unspecified atom stereocenters. The molecule has 1 aliphatic rings. The number of halogens is 1. The Bertz CT molecular complexity index is 1150. The van der Waals surface area contributed by atoms with Crippen LogP contribution in [0.2, 0.25) is 5.02 Å². The van der Waals surface area contributed by atoms with Crippen LogP contribution in [0.3, 0.4) is 0 Å². The van der Waals surface area contributed by atoms with Crippen LogP contribution < -0.4 is 15.5 Å². The van der Waals surface area contributed by atoms with Gasteiger partial charge in [0.1, 0.15) is 5.82 Å². The van der Waals surface area contributed by atoms with Crippen molar-refractivity contribution >= 4 is 57.7 Å². The lowest BCUT2D eigenvalue weighted by Crippen LogP contribution is -2.35. The maximum atomic E-state index is 12.7. The summed E-state index contributed by atoms with van der Waals surface area (Å²) in [5.41, 5.74) is 1.48. The van der Waals surface area contributed by atoms with Crippen molar-refractivity contribution < 1.29 is 9.59 Å². The summed E-state index contributed by atoms with van der Waals surface area (Å²) in [5, 5.41) is 12.8. The van der Waals surface area contributed by atoms with E-state index < -0.39 is 5.92 Å². The number of benzene rings is 1. The molecule has 9 nitrogen and oxygen atoms in total. The molecule has 3 heterocycles. The van der Waals surface area contributed by atoms with Crippen molar-refractivity contribution in [3.8, 4) is 0 Å². The molecule has 0 bridgehead atoms. The minimum Gasteiger partial charge on any atom is -0.369 e. The van der Waals surface area contributed by atoms with Gasteiger partial charge in [0.05, 0.1) is 24.0 Å². The first-order chi connectivity index (χ1) is 16.0. The van der Waals surface area contributed by atoms with Gasteiger partial charge in [-0.2, -0.15) is 5.10 Å². The molecule has 0 radical (unpaired) electrons. The smallest absolute Gasteiger partial charge is 0.227 e. The minimum absolute atomic E-state index is 0.0658. The van der Waals surface area contributed by atoms with Crippen LogP contribution in [0.25, 0.3) is 11.0 Å². The van der Waals surface area contributed by atoms with E-state index in [4.69, 9.17) is 11.6 Å². The average molecular weight is 488 g/mol. The van der Waals surface area contributed by atoms with Crippen LogP contribution in [0.4, 0.5) is 11.5 Å². The molecule has 33 heavy (non-hydrogen) atoms. The van der Waals surface area contributed by atoms with Crippen molar-refractivity contribution in [2.24, 2.45) is 5.92 Å². The number of aromatic nitrogens is 4. The molecule has 1 saturated heterocycles. The van der Waals surface area contributed by atoms with Crippen LogP contribution >= 0.6 is 23.4 Å². The minimum atomic E-state index is -0.391. The number of hydrogen-bond donors (Lipinski definition) is 2. The third-order valence-corrected chi connectivity index (χ3v) is 6.26. The number of hydrogen-bond acceptors (Lipinski definition) is 7. The van der Waals surface area contributed by atoms with Gasteiger partial charge in [-0.05, 0) is 36.9 Å². The van der Waals surface area contributed by atoms with Gasteiger partial charge in [0.15, 0.2) is 10.8 Å². The fraction of sp³-hybridized carbons (Fsp3) is 0.409. The maximum Gasteiger partial charge on any atom is 0.227 e. The van der Waals surface area contributed by atoms with Crippen LogP contribution in [-0.2, 0) is 16.1 Å². The summed E-state index contributed by atoms with van der Waals surface area (Å²) in [7, 11) is 0. The standard InChI is InChI=1S/C22H26ClN7O2S/c1-3-8-24-19-17-12-26-30(20(17)28-22(27-19)33-2)10-9-25-21(32)14-11-18(31)29(13-14)16-6-4-15(23)5-7-16/h4-7,12,14H,3,8-11,13H2,1-2H3,(H,25,32)(H,24,27,28). The molecule has 2 N–H and O–H groups in total. The Balaban J connectivity index is 1.38. The van der Waals surface area contributed by atoms with Crippen LogP contribution in [0, 0.1) is 5.92 Å². The zero-order valence-electron chi connectivity index (χ0n) is 18.5. The lowest BCUT2D eigenvalue weighted by Gasteiger charge is -2.16. The first-order valence-electron chi connectivity index (χ1n) is 10.8. The van der Waals surface area contributed by atoms with Crippen molar-refractivity contribution in [2.45, 2.75) is 31.5 Å². The third-order valence-electron chi connectivity index (χ3n) is 5.46. The van der Waals surface area contributed by atoms with Crippen LogP contribution in [0.5, 0.6) is 0 Å². The topological polar surface area (TPSA) is 105 Å².